The van der Waals surface area contributed by atoms with Crippen molar-refractivity contribution in [3.63, 3.8) is 0 Å². The first-order valence-corrected chi connectivity index (χ1v) is 7.02. The summed E-state index contributed by atoms with van der Waals surface area (Å²) in [5.41, 5.74) is 3.15. The van der Waals surface area contributed by atoms with Crippen LogP contribution in [-0.4, -0.2) is 24.1 Å². The fourth-order valence-electron chi connectivity index (χ4n) is 2.14. The van der Waals surface area contributed by atoms with Gasteiger partial charge < -0.3 is 5.41 Å². The van der Waals surface area contributed by atoms with E-state index in [9.17, 15) is 4.39 Å². The van der Waals surface area contributed by atoms with Gasteiger partial charge >= 0.3 is 0 Å². The molecule has 0 aliphatic rings. The Kier molecular flexibility index (Phi) is 5.38. The molecule has 2 aromatic carbocycles. The van der Waals surface area contributed by atoms with Crippen LogP contribution in [0.1, 0.15) is 24.5 Å². The Balaban J connectivity index is 2.48. The number of nitrogens with one attached hydrogen (secondary N) is 1. The average Bonchev–Trinajstić information content (AvgIpc) is 2.53. The first kappa shape index (κ1) is 15.1. The highest BCUT2D eigenvalue weighted by Gasteiger charge is 2.13. The SMILES string of the molecule is CC(=N)C(CCF)N=C(c1ccccc1)c1ccccc1. The highest BCUT2D eigenvalue weighted by atomic mass is 19.1. The molecule has 0 heterocycles. The van der Waals surface area contributed by atoms with Crippen LogP contribution in [-0.2, 0) is 0 Å². The van der Waals surface area contributed by atoms with Gasteiger partial charge in [-0.25, -0.2) is 0 Å². The van der Waals surface area contributed by atoms with Crippen LogP contribution in [0.15, 0.2) is 65.7 Å². The smallest absolute Gasteiger partial charge is 0.0918 e. The predicted molar refractivity (Wildman–Crippen MR) is 86.3 cm³/mol. The van der Waals surface area contributed by atoms with E-state index in [0.29, 0.717) is 5.71 Å². The van der Waals surface area contributed by atoms with Gasteiger partial charge in [-0.1, -0.05) is 60.7 Å². The Morgan fingerprint density at radius 1 is 1.00 bits per heavy atom. The minimum atomic E-state index is -0.471. The second-order valence-electron chi connectivity index (χ2n) is 4.89. The van der Waals surface area contributed by atoms with E-state index in [2.05, 4.69) is 4.99 Å². The standard InChI is InChI=1S/C18H19FN2/c1-14(20)17(12-13-19)21-18(15-8-4-2-5-9-15)16-10-6-3-7-11-16/h2-11,17,20H,12-13H2,1H3. The maximum Gasteiger partial charge on any atom is 0.0918 e. The zero-order valence-electron chi connectivity index (χ0n) is 12.1. The lowest BCUT2D eigenvalue weighted by molar-refractivity contribution is 0.463. The van der Waals surface area contributed by atoms with Gasteiger partial charge in [-0.05, 0) is 6.92 Å². The van der Waals surface area contributed by atoms with Gasteiger partial charge in [0.25, 0.3) is 0 Å². The van der Waals surface area contributed by atoms with Gasteiger partial charge in [-0.3, -0.25) is 9.38 Å². The number of hydrogen-bond donors (Lipinski definition) is 1. The Morgan fingerprint density at radius 3 is 1.86 bits per heavy atom. The van der Waals surface area contributed by atoms with Crippen molar-refractivity contribution in [3.8, 4) is 0 Å². The fraction of sp³-hybridized carbons (Fsp3) is 0.222. The molecule has 108 valence electrons. The van der Waals surface area contributed by atoms with Gasteiger partial charge in [0.05, 0.1) is 18.4 Å². The molecule has 0 aliphatic heterocycles. The van der Waals surface area contributed by atoms with Crippen molar-refractivity contribution in [1.29, 1.82) is 5.41 Å². The zero-order chi connectivity index (χ0) is 15.1. The number of aliphatic imine (C=N–C) groups is 1. The summed E-state index contributed by atoms with van der Waals surface area (Å²) < 4.78 is 12.7. The first-order chi connectivity index (χ1) is 10.2. The van der Waals surface area contributed by atoms with Crippen LogP contribution in [0, 0.1) is 5.41 Å². The van der Waals surface area contributed by atoms with Crippen LogP contribution < -0.4 is 0 Å². The molecule has 0 saturated carbocycles. The van der Waals surface area contributed by atoms with Crippen molar-refractivity contribution in [2.75, 3.05) is 6.67 Å². The third-order valence-electron chi connectivity index (χ3n) is 3.26. The summed E-state index contributed by atoms with van der Waals surface area (Å²) in [7, 11) is 0. The summed E-state index contributed by atoms with van der Waals surface area (Å²) in [6.07, 6.45) is 0.249. The van der Waals surface area contributed by atoms with Crippen LogP contribution >= 0.6 is 0 Å². The lowest BCUT2D eigenvalue weighted by Gasteiger charge is -2.14. The highest BCUT2D eigenvalue weighted by Crippen LogP contribution is 2.14. The van der Waals surface area contributed by atoms with Crippen molar-refractivity contribution < 1.29 is 4.39 Å². The summed E-state index contributed by atoms with van der Waals surface area (Å²) in [6.45, 7) is 1.21. The lowest BCUT2D eigenvalue weighted by Crippen LogP contribution is -2.19. The normalized spacial score (nSPS) is 11.7. The maximum atomic E-state index is 12.7. The van der Waals surface area contributed by atoms with E-state index >= 15 is 0 Å². The molecule has 0 bridgehead atoms. The average molecular weight is 282 g/mol. The Labute approximate surface area is 124 Å². The summed E-state index contributed by atoms with van der Waals surface area (Å²) >= 11 is 0. The molecule has 0 spiro atoms. The van der Waals surface area contributed by atoms with Crippen LogP contribution in [0.4, 0.5) is 4.39 Å². The molecule has 3 heteroatoms. The molecule has 0 aromatic heterocycles. The third kappa shape index (κ3) is 4.09. The molecule has 21 heavy (non-hydrogen) atoms. The van der Waals surface area contributed by atoms with Gasteiger partial charge in [0.2, 0.25) is 0 Å². The van der Waals surface area contributed by atoms with E-state index in [1.807, 2.05) is 60.7 Å². The van der Waals surface area contributed by atoms with E-state index in [0.717, 1.165) is 16.8 Å². The van der Waals surface area contributed by atoms with E-state index in [1.54, 1.807) is 6.92 Å². The number of halogens is 1. The molecular formula is C18H19FN2. The maximum absolute atomic E-state index is 12.7. The van der Waals surface area contributed by atoms with Gasteiger partial charge in [-0.15, -0.1) is 0 Å². The summed E-state index contributed by atoms with van der Waals surface area (Å²) in [5, 5.41) is 7.80. The summed E-state index contributed by atoms with van der Waals surface area (Å²) in [4.78, 5) is 4.66. The molecule has 0 aliphatic carbocycles. The van der Waals surface area contributed by atoms with Gasteiger partial charge in [-0.2, -0.15) is 0 Å². The molecule has 0 fully saturated rings. The number of benzene rings is 2. The molecule has 1 atom stereocenters. The highest BCUT2D eigenvalue weighted by molar-refractivity contribution is 6.13. The largest absolute Gasteiger partial charge is 0.308 e. The lowest BCUT2D eigenvalue weighted by atomic mass is 10.0. The number of alkyl halides is 1. The summed E-state index contributed by atoms with van der Waals surface area (Å²) in [6, 6.07) is 19.2. The van der Waals surface area contributed by atoms with Crippen molar-refractivity contribution in [3.05, 3.63) is 71.8 Å². The molecular weight excluding hydrogens is 263 g/mol. The Hall–Kier alpha value is -2.29. The second kappa shape index (κ2) is 7.48. The Bertz CT molecular complexity index is 564. The minimum absolute atomic E-state index is 0.249. The molecule has 0 radical (unpaired) electrons. The van der Waals surface area contributed by atoms with Gasteiger partial charge in [0.15, 0.2) is 0 Å². The van der Waals surface area contributed by atoms with E-state index in [-0.39, 0.29) is 6.42 Å². The van der Waals surface area contributed by atoms with Crippen LogP contribution in [0.25, 0.3) is 0 Å². The second-order valence-corrected chi connectivity index (χ2v) is 4.89. The molecule has 0 saturated heterocycles. The Morgan fingerprint density at radius 2 is 1.48 bits per heavy atom. The van der Waals surface area contributed by atoms with E-state index < -0.39 is 12.7 Å². The topological polar surface area (TPSA) is 36.2 Å². The van der Waals surface area contributed by atoms with Crippen LogP contribution in [0.5, 0.6) is 0 Å². The van der Waals surface area contributed by atoms with Crippen molar-refractivity contribution in [2.45, 2.75) is 19.4 Å². The van der Waals surface area contributed by atoms with Crippen molar-refractivity contribution in [1.82, 2.24) is 0 Å². The quantitative estimate of drug-likeness (QED) is 0.767. The molecule has 2 rings (SSSR count). The molecule has 1 unspecified atom stereocenters. The third-order valence-corrected chi connectivity index (χ3v) is 3.26. The van der Waals surface area contributed by atoms with Gasteiger partial charge in [0, 0.05) is 23.3 Å². The fourth-order valence-corrected chi connectivity index (χ4v) is 2.14. The van der Waals surface area contributed by atoms with Gasteiger partial charge in [0.1, 0.15) is 0 Å². The monoisotopic (exact) mass is 282 g/mol. The number of hydrogen-bond acceptors (Lipinski definition) is 2. The predicted octanol–water partition coefficient (Wildman–Crippen LogP) is 4.29. The number of nitrogens with zero attached hydrogens (tertiary/aromatic N) is 1. The van der Waals surface area contributed by atoms with Crippen molar-refractivity contribution >= 4 is 11.4 Å². The minimum Gasteiger partial charge on any atom is -0.308 e. The van der Waals surface area contributed by atoms with E-state index in [1.165, 1.54) is 0 Å². The zero-order valence-corrected chi connectivity index (χ0v) is 12.1. The molecule has 2 nitrogen and oxygen atoms in total. The number of rotatable bonds is 6. The summed E-state index contributed by atoms with van der Waals surface area (Å²) in [5.74, 6) is 0. The first-order valence-electron chi connectivity index (χ1n) is 7.02. The molecule has 2 aromatic rings. The molecule has 1 N–H and O–H groups in total. The van der Waals surface area contributed by atoms with Crippen LogP contribution in [0.3, 0.4) is 0 Å². The molecule has 0 amide bonds. The van der Waals surface area contributed by atoms with Crippen LogP contribution in [0.2, 0.25) is 0 Å². The van der Waals surface area contributed by atoms with E-state index in [4.69, 9.17) is 5.41 Å². The van der Waals surface area contributed by atoms with Crippen molar-refractivity contribution in [2.24, 2.45) is 4.99 Å².